The SMILES string of the molecule is CP(OF)c1cccc(CS)n1. The lowest BCUT2D eigenvalue weighted by molar-refractivity contribution is 0.0126. The Morgan fingerprint density at radius 3 is 3.00 bits per heavy atom. The molecule has 0 aliphatic heterocycles. The van der Waals surface area contributed by atoms with E-state index in [1.165, 1.54) is 0 Å². The van der Waals surface area contributed by atoms with Crippen LogP contribution in [0.1, 0.15) is 5.69 Å². The fourth-order valence-corrected chi connectivity index (χ4v) is 1.58. The summed E-state index contributed by atoms with van der Waals surface area (Å²) in [5, 5.41) is 0. The second-order valence-corrected chi connectivity index (χ2v) is 4.12. The van der Waals surface area contributed by atoms with E-state index in [-0.39, 0.29) is 0 Å². The van der Waals surface area contributed by atoms with Gasteiger partial charge in [-0.05, 0) is 23.3 Å². The van der Waals surface area contributed by atoms with Crippen LogP contribution in [0.3, 0.4) is 0 Å². The van der Waals surface area contributed by atoms with Gasteiger partial charge in [-0.2, -0.15) is 17.4 Å². The van der Waals surface area contributed by atoms with Crippen LogP contribution in [-0.2, 0) is 10.5 Å². The van der Waals surface area contributed by atoms with Crippen molar-refractivity contribution in [3.05, 3.63) is 23.9 Å². The maximum Gasteiger partial charge on any atom is 0.124 e. The number of aromatic nitrogens is 1. The average Bonchev–Trinajstić information content (AvgIpc) is 2.17. The summed E-state index contributed by atoms with van der Waals surface area (Å²) in [5.41, 5.74) is 1.49. The first kappa shape index (κ1) is 9.90. The smallest absolute Gasteiger partial charge is 0.124 e. The van der Waals surface area contributed by atoms with E-state index in [0.29, 0.717) is 11.2 Å². The van der Waals surface area contributed by atoms with Crippen LogP contribution >= 0.6 is 20.8 Å². The van der Waals surface area contributed by atoms with Gasteiger partial charge in [0.2, 0.25) is 0 Å². The predicted molar refractivity (Wildman–Crippen MR) is 51.6 cm³/mol. The summed E-state index contributed by atoms with van der Waals surface area (Å²) in [4.78, 5) is 4.15. The molecule has 0 spiro atoms. The Labute approximate surface area is 77.3 Å². The molecule has 0 aliphatic rings. The van der Waals surface area contributed by atoms with Crippen molar-refractivity contribution in [3.63, 3.8) is 0 Å². The van der Waals surface area contributed by atoms with Crippen molar-refractivity contribution in [2.75, 3.05) is 6.66 Å². The van der Waals surface area contributed by atoms with Crippen molar-refractivity contribution in [3.8, 4) is 0 Å². The van der Waals surface area contributed by atoms with E-state index in [4.69, 9.17) is 0 Å². The number of hydrogen-bond donors (Lipinski definition) is 1. The van der Waals surface area contributed by atoms with E-state index in [1.54, 1.807) is 12.7 Å². The number of rotatable bonds is 3. The summed E-state index contributed by atoms with van der Waals surface area (Å²) in [5.74, 6) is 0.559. The normalized spacial score (nSPS) is 12.9. The largest absolute Gasteiger partial charge is 0.250 e. The minimum Gasteiger partial charge on any atom is -0.250 e. The van der Waals surface area contributed by atoms with Gasteiger partial charge in [-0.1, -0.05) is 6.07 Å². The van der Waals surface area contributed by atoms with Gasteiger partial charge in [0.25, 0.3) is 0 Å². The molecule has 66 valence electrons. The fourth-order valence-electron chi connectivity index (χ4n) is 0.766. The van der Waals surface area contributed by atoms with Crippen LogP contribution in [0, 0.1) is 0 Å². The quantitative estimate of drug-likeness (QED) is 0.602. The summed E-state index contributed by atoms with van der Waals surface area (Å²) in [6, 6.07) is 5.42. The Bertz CT molecular complexity index is 261. The van der Waals surface area contributed by atoms with Crippen LogP contribution < -0.4 is 5.44 Å². The highest BCUT2D eigenvalue weighted by Gasteiger charge is 2.07. The molecule has 0 saturated heterocycles. The van der Waals surface area contributed by atoms with Crippen molar-refractivity contribution in [2.45, 2.75) is 5.75 Å². The van der Waals surface area contributed by atoms with Crippen molar-refractivity contribution in [2.24, 2.45) is 0 Å². The van der Waals surface area contributed by atoms with Gasteiger partial charge in [-0.15, -0.1) is 0 Å². The lowest BCUT2D eigenvalue weighted by atomic mass is 10.4. The van der Waals surface area contributed by atoms with Crippen LogP contribution in [0.2, 0.25) is 0 Å². The van der Waals surface area contributed by atoms with Crippen molar-refractivity contribution in [1.82, 2.24) is 4.98 Å². The summed E-state index contributed by atoms with van der Waals surface area (Å²) in [6.45, 7) is 1.67. The van der Waals surface area contributed by atoms with Crippen LogP contribution in [0.25, 0.3) is 0 Å². The molecule has 12 heavy (non-hydrogen) atoms. The van der Waals surface area contributed by atoms with E-state index in [2.05, 4.69) is 22.3 Å². The molecule has 0 fully saturated rings. The molecule has 0 N–H and O–H groups in total. The predicted octanol–water partition coefficient (Wildman–Crippen LogP) is 2.06. The second kappa shape index (κ2) is 4.75. The monoisotopic (exact) mass is 205 g/mol. The van der Waals surface area contributed by atoms with E-state index in [9.17, 15) is 4.53 Å². The highest BCUT2D eigenvalue weighted by atomic mass is 32.1. The molecule has 1 aromatic heterocycles. The first-order valence-electron chi connectivity index (χ1n) is 3.37. The molecule has 0 aromatic carbocycles. The van der Waals surface area contributed by atoms with E-state index < -0.39 is 8.15 Å². The number of thiol groups is 1. The Morgan fingerprint density at radius 1 is 1.67 bits per heavy atom. The molecule has 0 bridgehead atoms. The Kier molecular flexibility index (Phi) is 3.92. The van der Waals surface area contributed by atoms with E-state index in [1.807, 2.05) is 12.1 Å². The molecule has 1 unspecified atom stereocenters. The third-order valence-electron chi connectivity index (χ3n) is 1.38. The van der Waals surface area contributed by atoms with Crippen LogP contribution in [0.5, 0.6) is 0 Å². The second-order valence-electron chi connectivity index (χ2n) is 2.21. The lowest BCUT2D eigenvalue weighted by Crippen LogP contribution is -2.07. The highest BCUT2D eigenvalue weighted by molar-refractivity contribution is 7.79. The molecule has 1 atom stereocenters. The zero-order valence-electron chi connectivity index (χ0n) is 6.57. The topological polar surface area (TPSA) is 22.1 Å². The summed E-state index contributed by atoms with van der Waals surface area (Å²) in [7, 11) is -1.21. The molecule has 0 amide bonds. The van der Waals surface area contributed by atoms with Gasteiger partial charge in [0, 0.05) is 5.75 Å². The van der Waals surface area contributed by atoms with Gasteiger partial charge in [-0.25, -0.2) is 4.98 Å². The summed E-state index contributed by atoms with van der Waals surface area (Å²) in [6.07, 6.45) is 0. The Morgan fingerprint density at radius 2 is 2.42 bits per heavy atom. The van der Waals surface area contributed by atoms with Gasteiger partial charge in [-0.3, -0.25) is 0 Å². The molecule has 0 radical (unpaired) electrons. The van der Waals surface area contributed by atoms with Crippen LogP contribution in [0.15, 0.2) is 18.2 Å². The lowest BCUT2D eigenvalue weighted by Gasteiger charge is -2.05. The van der Waals surface area contributed by atoms with Crippen molar-refractivity contribution < 1.29 is 9.25 Å². The first-order valence-corrected chi connectivity index (χ1v) is 5.71. The van der Waals surface area contributed by atoms with E-state index >= 15 is 0 Å². The molecule has 1 heterocycles. The Hall–Kier alpha value is -0.180. The minimum absolute atomic E-state index is 0.559. The molecule has 0 aliphatic carbocycles. The molecule has 5 heteroatoms. The number of nitrogens with zero attached hydrogens (tertiary/aromatic N) is 1. The number of hydrogen-bond acceptors (Lipinski definition) is 3. The van der Waals surface area contributed by atoms with Crippen molar-refractivity contribution in [1.29, 1.82) is 0 Å². The highest BCUT2D eigenvalue weighted by Crippen LogP contribution is 2.29. The summed E-state index contributed by atoms with van der Waals surface area (Å²) >= 11 is 4.07. The Balaban J connectivity index is 2.86. The molecule has 1 rings (SSSR count). The molecular weight excluding hydrogens is 196 g/mol. The molecule has 0 saturated carbocycles. The average molecular weight is 205 g/mol. The maximum atomic E-state index is 11.8. The van der Waals surface area contributed by atoms with Crippen LogP contribution in [-0.4, -0.2) is 11.6 Å². The maximum absolute atomic E-state index is 11.8. The minimum atomic E-state index is -1.21. The zero-order valence-corrected chi connectivity index (χ0v) is 8.36. The van der Waals surface area contributed by atoms with Gasteiger partial charge in [0.05, 0.1) is 11.1 Å². The molecule has 2 nitrogen and oxygen atoms in total. The van der Waals surface area contributed by atoms with Crippen molar-refractivity contribution >= 4 is 26.2 Å². The van der Waals surface area contributed by atoms with Gasteiger partial charge < -0.3 is 0 Å². The fraction of sp³-hybridized carbons (Fsp3) is 0.286. The molecular formula is C7H9FNOPS. The summed E-state index contributed by atoms with van der Waals surface area (Å²) < 4.78 is 15.5. The van der Waals surface area contributed by atoms with Gasteiger partial charge >= 0.3 is 0 Å². The zero-order chi connectivity index (χ0) is 8.97. The number of halogens is 1. The first-order chi connectivity index (χ1) is 5.77. The third-order valence-corrected chi connectivity index (χ3v) is 2.81. The van der Waals surface area contributed by atoms with Gasteiger partial charge in [0.15, 0.2) is 0 Å². The van der Waals surface area contributed by atoms with E-state index in [0.717, 1.165) is 5.69 Å². The van der Waals surface area contributed by atoms with Gasteiger partial charge in [0.1, 0.15) is 8.15 Å². The third kappa shape index (κ3) is 2.41. The standard InChI is InChI=1S/C7H9FNOPS/c1-11(10-8)7-4-2-3-6(5-12)9-7/h2-4,12H,5H2,1H3. The number of pyridine rings is 1. The van der Waals surface area contributed by atoms with Crippen LogP contribution in [0.4, 0.5) is 4.53 Å². The molecule has 1 aromatic rings.